The molecule has 0 spiro atoms. The molecule has 0 aromatic heterocycles. The second-order valence-corrected chi connectivity index (χ2v) is 1.70. The molecule has 0 aliphatic rings. The van der Waals surface area contributed by atoms with Crippen molar-refractivity contribution < 1.29 is 38.6 Å². The molecule has 0 atom stereocenters. The number of carbonyl (C=O) groups excluding carboxylic acids is 2. The van der Waals surface area contributed by atoms with Gasteiger partial charge in [-0.25, -0.2) is 9.59 Å². The first kappa shape index (κ1) is 12.5. The average Bonchev–Trinajstić information content (AvgIpc) is 2.13. The maximum Gasteiger partial charge on any atom is 0.540 e. The van der Waals surface area contributed by atoms with E-state index in [1.165, 1.54) is 0 Å². The predicted octanol–water partition coefficient (Wildman–Crippen LogP) is 0.416. The van der Waals surface area contributed by atoms with Crippen molar-refractivity contribution in [3.63, 3.8) is 0 Å². The molecule has 0 saturated heterocycles. The van der Waals surface area contributed by atoms with Gasteiger partial charge in [-0.1, -0.05) is 0 Å². The first-order valence-corrected chi connectivity index (χ1v) is 3.45. The van der Waals surface area contributed by atoms with Crippen molar-refractivity contribution in [2.75, 3.05) is 27.4 Å². The molecule has 14 heavy (non-hydrogen) atoms. The van der Waals surface area contributed by atoms with Gasteiger partial charge < -0.3 is 9.47 Å². The van der Waals surface area contributed by atoms with Crippen LogP contribution in [0.4, 0.5) is 9.59 Å². The monoisotopic (exact) mass is 210 g/mol. The van der Waals surface area contributed by atoms with Crippen LogP contribution in [0.15, 0.2) is 0 Å². The van der Waals surface area contributed by atoms with E-state index in [4.69, 9.17) is 0 Å². The molecule has 0 fully saturated rings. The molecule has 0 N–H and O–H groups in total. The van der Waals surface area contributed by atoms with Crippen LogP contribution in [0.25, 0.3) is 0 Å². The molecule has 0 saturated carbocycles. The summed E-state index contributed by atoms with van der Waals surface area (Å²) in [6.07, 6.45) is -2.06. The minimum Gasteiger partial charge on any atom is -0.429 e. The third kappa shape index (κ3) is 7.13. The fraction of sp³-hybridized carbons (Fsp3) is 0.667. The summed E-state index contributed by atoms with van der Waals surface area (Å²) in [5, 5.41) is 0. The van der Waals surface area contributed by atoms with E-state index in [9.17, 15) is 9.59 Å². The smallest absolute Gasteiger partial charge is 0.429 e. The highest BCUT2D eigenvalue weighted by atomic mass is 17.2. The van der Waals surface area contributed by atoms with Crippen molar-refractivity contribution in [2.24, 2.45) is 0 Å². The lowest BCUT2D eigenvalue weighted by Crippen LogP contribution is -2.15. The Hall–Kier alpha value is -1.54. The van der Waals surface area contributed by atoms with E-state index in [2.05, 4.69) is 29.0 Å². The van der Waals surface area contributed by atoms with E-state index < -0.39 is 12.3 Å². The fourth-order valence-corrected chi connectivity index (χ4v) is 0.434. The molecule has 8 nitrogen and oxygen atoms in total. The maximum atomic E-state index is 10.4. The van der Waals surface area contributed by atoms with E-state index >= 15 is 0 Å². The molecule has 0 rings (SSSR count). The zero-order valence-electron chi connectivity index (χ0n) is 7.68. The highest BCUT2D eigenvalue weighted by molar-refractivity contribution is 5.59. The Bertz CT molecular complexity index is 159. The number of ether oxygens (including phenoxy) is 2. The van der Waals surface area contributed by atoms with Crippen molar-refractivity contribution in [3.05, 3.63) is 0 Å². The predicted molar refractivity (Wildman–Crippen MR) is 38.9 cm³/mol. The van der Waals surface area contributed by atoms with Crippen molar-refractivity contribution in [3.8, 4) is 0 Å². The molecular weight excluding hydrogens is 200 g/mol. The van der Waals surface area contributed by atoms with Crippen LogP contribution in [0.5, 0.6) is 0 Å². The Balaban J connectivity index is 3.28. The van der Waals surface area contributed by atoms with Gasteiger partial charge in [0.2, 0.25) is 0 Å². The highest BCUT2D eigenvalue weighted by Gasteiger charge is 2.06. The van der Waals surface area contributed by atoms with Crippen LogP contribution in [0.2, 0.25) is 0 Å². The van der Waals surface area contributed by atoms with Crippen LogP contribution in [-0.4, -0.2) is 39.7 Å². The van der Waals surface area contributed by atoms with Gasteiger partial charge in [0, 0.05) is 0 Å². The second-order valence-electron chi connectivity index (χ2n) is 1.70. The first-order chi connectivity index (χ1) is 6.70. The van der Waals surface area contributed by atoms with Crippen LogP contribution in [0, 0.1) is 0 Å². The SMILES string of the molecule is COOC(=O)OCCOC(=O)OOC. The van der Waals surface area contributed by atoms with Gasteiger partial charge in [0.05, 0.1) is 14.2 Å². The van der Waals surface area contributed by atoms with Crippen LogP contribution >= 0.6 is 0 Å². The minimum absolute atomic E-state index is 0.180. The quantitative estimate of drug-likeness (QED) is 0.279. The number of carbonyl (C=O) groups is 2. The topological polar surface area (TPSA) is 89.5 Å². The van der Waals surface area contributed by atoms with Crippen molar-refractivity contribution >= 4 is 12.3 Å². The Kier molecular flexibility index (Phi) is 7.19. The van der Waals surface area contributed by atoms with Crippen LogP contribution < -0.4 is 0 Å². The van der Waals surface area contributed by atoms with E-state index in [1.54, 1.807) is 0 Å². The molecule has 0 bridgehead atoms. The van der Waals surface area contributed by atoms with E-state index in [-0.39, 0.29) is 13.2 Å². The Morgan fingerprint density at radius 2 is 1.21 bits per heavy atom. The molecule has 0 aromatic carbocycles. The summed E-state index contributed by atoms with van der Waals surface area (Å²) < 4.78 is 8.70. The number of hydrogen-bond donors (Lipinski definition) is 0. The Morgan fingerprint density at radius 3 is 1.50 bits per heavy atom. The summed E-state index contributed by atoms with van der Waals surface area (Å²) in [5.41, 5.74) is 0. The average molecular weight is 210 g/mol. The lowest BCUT2D eigenvalue weighted by atomic mass is 10.8. The van der Waals surface area contributed by atoms with Crippen LogP contribution in [-0.2, 0) is 29.0 Å². The third-order valence-electron chi connectivity index (χ3n) is 0.826. The summed E-state index contributed by atoms with van der Waals surface area (Å²) in [5.74, 6) is 0. The van der Waals surface area contributed by atoms with Crippen molar-refractivity contribution in [1.29, 1.82) is 0 Å². The lowest BCUT2D eigenvalue weighted by Gasteiger charge is -2.03. The Morgan fingerprint density at radius 1 is 0.857 bits per heavy atom. The molecule has 0 aliphatic heterocycles. The van der Waals surface area contributed by atoms with E-state index in [0.29, 0.717) is 0 Å². The third-order valence-corrected chi connectivity index (χ3v) is 0.826. The molecule has 8 heteroatoms. The number of hydrogen-bond acceptors (Lipinski definition) is 8. The first-order valence-electron chi connectivity index (χ1n) is 3.45. The molecule has 0 aliphatic carbocycles. The minimum atomic E-state index is -1.03. The van der Waals surface area contributed by atoms with Gasteiger partial charge in [0.15, 0.2) is 0 Å². The molecule has 0 unspecified atom stereocenters. The van der Waals surface area contributed by atoms with Gasteiger partial charge in [0.25, 0.3) is 0 Å². The Labute approximate surface area is 79.4 Å². The van der Waals surface area contributed by atoms with Gasteiger partial charge in [-0.2, -0.15) is 9.78 Å². The van der Waals surface area contributed by atoms with E-state index in [0.717, 1.165) is 14.2 Å². The summed E-state index contributed by atoms with van der Waals surface area (Å²) in [4.78, 5) is 36.8. The zero-order valence-corrected chi connectivity index (χ0v) is 7.68. The van der Waals surface area contributed by atoms with Gasteiger partial charge in [-0.3, -0.25) is 9.78 Å². The summed E-state index contributed by atoms with van der Waals surface area (Å²) in [6, 6.07) is 0. The standard InChI is InChI=1S/C6H10O8/c1-9-13-5(7)11-3-4-12-6(8)14-10-2/h3-4H2,1-2H3. The van der Waals surface area contributed by atoms with Crippen LogP contribution in [0.3, 0.4) is 0 Å². The fourth-order valence-electron chi connectivity index (χ4n) is 0.434. The number of rotatable bonds is 5. The van der Waals surface area contributed by atoms with Gasteiger partial charge in [-0.05, 0) is 0 Å². The van der Waals surface area contributed by atoms with Crippen LogP contribution in [0.1, 0.15) is 0 Å². The molecule has 0 amide bonds. The van der Waals surface area contributed by atoms with Gasteiger partial charge in [-0.15, -0.1) is 0 Å². The van der Waals surface area contributed by atoms with Crippen molar-refractivity contribution in [2.45, 2.75) is 0 Å². The largest absolute Gasteiger partial charge is 0.540 e. The molecule has 0 radical (unpaired) electrons. The van der Waals surface area contributed by atoms with E-state index in [1.807, 2.05) is 0 Å². The zero-order chi connectivity index (χ0) is 10.8. The normalized spacial score (nSPS) is 9.00. The van der Waals surface area contributed by atoms with Crippen molar-refractivity contribution in [1.82, 2.24) is 0 Å². The molecule has 0 heterocycles. The maximum absolute atomic E-state index is 10.4. The van der Waals surface area contributed by atoms with Gasteiger partial charge in [0.1, 0.15) is 13.2 Å². The van der Waals surface area contributed by atoms with Gasteiger partial charge >= 0.3 is 12.3 Å². The summed E-state index contributed by atoms with van der Waals surface area (Å²) >= 11 is 0. The highest BCUT2D eigenvalue weighted by Crippen LogP contribution is 1.88. The molecule has 82 valence electrons. The molecule has 0 aromatic rings. The molecular formula is C6H10O8. The second kappa shape index (κ2) is 8.08. The lowest BCUT2D eigenvalue weighted by molar-refractivity contribution is -0.237. The summed E-state index contributed by atoms with van der Waals surface area (Å²) in [7, 11) is 2.29. The summed E-state index contributed by atoms with van der Waals surface area (Å²) in [6.45, 7) is -0.359.